The lowest BCUT2D eigenvalue weighted by atomic mass is 10.1. The lowest BCUT2D eigenvalue weighted by Gasteiger charge is -2.24. The quantitative estimate of drug-likeness (QED) is 0.788. The predicted octanol–water partition coefficient (Wildman–Crippen LogP) is 1.74. The molecule has 0 spiro atoms. The summed E-state index contributed by atoms with van der Waals surface area (Å²) in [4.78, 5) is 14.1. The number of carbonyl (C=O) groups is 1. The fourth-order valence-electron chi connectivity index (χ4n) is 2.63. The van der Waals surface area contributed by atoms with Crippen molar-refractivity contribution in [2.75, 3.05) is 31.8 Å². The molecule has 1 saturated heterocycles. The molecule has 0 aliphatic carbocycles. The van der Waals surface area contributed by atoms with Crippen LogP contribution in [0.2, 0.25) is 0 Å². The Hall–Kier alpha value is -1.76. The maximum Gasteiger partial charge on any atom is 0.254 e. The zero-order chi connectivity index (χ0) is 17.0. The Balaban J connectivity index is 2.20. The van der Waals surface area contributed by atoms with Gasteiger partial charge in [0.25, 0.3) is 5.91 Å². The van der Waals surface area contributed by atoms with Gasteiger partial charge in [-0.25, -0.2) is 8.42 Å². The molecule has 0 N–H and O–H groups in total. The normalized spacial score (nSPS) is 19.3. The highest BCUT2D eigenvalue weighted by atomic mass is 32.2. The summed E-state index contributed by atoms with van der Waals surface area (Å²) in [7, 11) is -1.38. The zero-order valence-corrected chi connectivity index (χ0v) is 14.6. The third kappa shape index (κ3) is 4.16. The van der Waals surface area contributed by atoms with Crippen LogP contribution in [0.5, 0.6) is 11.5 Å². The van der Waals surface area contributed by atoms with E-state index < -0.39 is 9.84 Å². The van der Waals surface area contributed by atoms with Gasteiger partial charge in [-0.1, -0.05) is 0 Å². The summed E-state index contributed by atoms with van der Waals surface area (Å²) in [6.45, 7) is 4.71. The number of rotatable bonds is 6. The molecule has 23 heavy (non-hydrogen) atoms. The molecule has 1 aromatic rings. The van der Waals surface area contributed by atoms with Crippen LogP contribution in [0.25, 0.3) is 0 Å². The second kappa shape index (κ2) is 7.21. The summed E-state index contributed by atoms with van der Waals surface area (Å²) in [5, 5.41) is 0. The Kier molecular flexibility index (Phi) is 5.51. The van der Waals surface area contributed by atoms with E-state index >= 15 is 0 Å². The summed E-state index contributed by atoms with van der Waals surface area (Å²) in [6.07, 6.45) is 0.486. The van der Waals surface area contributed by atoms with E-state index in [2.05, 4.69) is 0 Å². The van der Waals surface area contributed by atoms with Gasteiger partial charge in [0.15, 0.2) is 21.3 Å². The summed E-state index contributed by atoms with van der Waals surface area (Å²) in [5.41, 5.74) is 0.462. The summed E-state index contributed by atoms with van der Waals surface area (Å²) in [6, 6.07) is 4.77. The van der Waals surface area contributed by atoms with Gasteiger partial charge in [0.2, 0.25) is 0 Å². The van der Waals surface area contributed by atoms with Crippen molar-refractivity contribution in [3.05, 3.63) is 23.8 Å². The van der Waals surface area contributed by atoms with Crippen molar-refractivity contribution in [1.82, 2.24) is 4.90 Å². The molecule has 0 radical (unpaired) electrons. The zero-order valence-electron chi connectivity index (χ0n) is 13.7. The highest BCUT2D eigenvalue weighted by Gasteiger charge is 2.33. The van der Waals surface area contributed by atoms with Crippen molar-refractivity contribution in [1.29, 1.82) is 0 Å². The van der Waals surface area contributed by atoms with Gasteiger partial charge < -0.3 is 14.4 Å². The molecule has 7 heteroatoms. The van der Waals surface area contributed by atoms with Gasteiger partial charge >= 0.3 is 0 Å². The third-order valence-corrected chi connectivity index (χ3v) is 5.62. The van der Waals surface area contributed by atoms with Gasteiger partial charge in [0.1, 0.15) is 0 Å². The molecule has 1 fully saturated rings. The number of benzene rings is 1. The van der Waals surface area contributed by atoms with Gasteiger partial charge in [-0.3, -0.25) is 4.79 Å². The average Bonchev–Trinajstić information content (AvgIpc) is 2.88. The number of hydrogen-bond acceptors (Lipinski definition) is 5. The minimum absolute atomic E-state index is 0.0323. The summed E-state index contributed by atoms with van der Waals surface area (Å²) >= 11 is 0. The molecule has 1 heterocycles. The third-order valence-electron chi connectivity index (χ3n) is 3.87. The van der Waals surface area contributed by atoms with E-state index in [1.807, 2.05) is 13.8 Å². The molecular weight excluding hydrogens is 318 g/mol. The molecule has 1 aliphatic rings. The van der Waals surface area contributed by atoms with Crippen molar-refractivity contribution in [3.63, 3.8) is 0 Å². The maximum absolute atomic E-state index is 12.6. The molecule has 1 aliphatic heterocycles. The lowest BCUT2D eigenvalue weighted by molar-refractivity contribution is 0.0747. The van der Waals surface area contributed by atoms with Gasteiger partial charge in [-0.05, 0) is 38.5 Å². The molecule has 1 aromatic carbocycles. The largest absolute Gasteiger partial charge is 0.490 e. The van der Waals surface area contributed by atoms with Crippen molar-refractivity contribution < 1.29 is 22.7 Å². The highest BCUT2D eigenvalue weighted by Crippen LogP contribution is 2.29. The van der Waals surface area contributed by atoms with Crippen LogP contribution in [-0.4, -0.2) is 57.0 Å². The summed E-state index contributed by atoms with van der Waals surface area (Å²) in [5.74, 6) is 1.08. The number of nitrogens with zero attached hydrogens (tertiary/aromatic N) is 1. The minimum atomic E-state index is -3.03. The molecule has 0 bridgehead atoms. The van der Waals surface area contributed by atoms with Crippen LogP contribution in [0, 0.1) is 0 Å². The van der Waals surface area contributed by atoms with Gasteiger partial charge in [-0.2, -0.15) is 0 Å². The fourth-order valence-corrected chi connectivity index (χ4v) is 4.41. The Morgan fingerprint density at radius 2 is 1.87 bits per heavy atom. The van der Waals surface area contributed by atoms with E-state index in [-0.39, 0.29) is 23.5 Å². The van der Waals surface area contributed by atoms with E-state index in [0.717, 1.165) is 0 Å². The molecule has 128 valence electrons. The molecule has 6 nitrogen and oxygen atoms in total. The molecule has 1 atom stereocenters. The molecular formula is C16H23NO5S. The first-order chi connectivity index (χ1) is 10.9. The Morgan fingerprint density at radius 3 is 2.43 bits per heavy atom. The van der Waals surface area contributed by atoms with Gasteiger partial charge in [0, 0.05) is 18.7 Å². The molecule has 0 aromatic heterocycles. The van der Waals surface area contributed by atoms with E-state index in [1.54, 1.807) is 25.2 Å². The van der Waals surface area contributed by atoms with Crippen LogP contribution in [-0.2, 0) is 9.84 Å². The Morgan fingerprint density at radius 1 is 1.22 bits per heavy atom. The smallest absolute Gasteiger partial charge is 0.254 e. The Labute approximate surface area is 137 Å². The number of carbonyl (C=O) groups excluding carboxylic acids is 1. The van der Waals surface area contributed by atoms with Crippen LogP contribution >= 0.6 is 0 Å². The first-order valence-electron chi connectivity index (χ1n) is 7.75. The minimum Gasteiger partial charge on any atom is -0.490 e. The number of ether oxygens (including phenoxy) is 2. The first kappa shape index (κ1) is 17.6. The average molecular weight is 341 g/mol. The first-order valence-corrected chi connectivity index (χ1v) is 9.57. The monoisotopic (exact) mass is 341 g/mol. The van der Waals surface area contributed by atoms with Gasteiger partial charge in [0.05, 0.1) is 24.7 Å². The van der Waals surface area contributed by atoms with Crippen LogP contribution in [0.3, 0.4) is 0 Å². The standard InChI is InChI=1S/C16H23NO5S/c1-4-21-14-7-6-12(10-15(14)22-5-2)16(18)17(3)13-8-9-23(19,20)11-13/h6-7,10,13H,4-5,8-9,11H2,1-3H3. The fraction of sp³-hybridized carbons (Fsp3) is 0.562. The van der Waals surface area contributed by atoms with Crippen LogP contribution < -0.4 is 9.47 Å². The van der Waals surface area contributed by atoms with E-state index in [9.17, 15) is 13.2 Å². The number of sulfone groups is 1. The van der Waals surface area contributed by atoms with Crippen molar-refractivity contribution >= 4 is 15.7 Å². The molecule has 1 unspecified atom stereocenters. The maximum atomic E-state index is 12.6. The topological polar surface area (TPSA) is 72.9 Å². The van der Waals surface area contributed by atoms with E-state index in [0.29, 0.717) is 36.7 Å². The number of amides is 1. The van der Waals surface area contributed by atoms with Crippen LogP contribution in [0.15, 0.2) is 18.2 Å². The summed E-state index contributed by atoms with van der Waals surface area (Å²) < 4.78 is 34.2. The van der Waals surface area contributed by atoms with E-state index in [1.165, 1.54) is 4.90 Å². The SMILES string of the molecule is CCOc1ccc(C(=O)N(C)C2CCS(=O)(=O)C2)cc1OCC. The lowest BCUT2D eigenvalue weighted by Crippen LogP contribution is -2.37. The molecule has 0 saturated carbocycles. The molecule has 1 amide bonds. The van der Waals surface area contributed by atoms with Crippen LogP contribution in [0.4, 0.5) is 0 Å². The number of hydrogen-bond donors (Lipinski definition) is 0. The predicted molar refractivity (Wildman–Crippen MR) is 87.9 cm³/mol. The van der Waals surface area contributed by atoms with Crippen LogP contribution in [0.1, 0.15) is 30.6 Å². The second-order valence-corrected chi connectivity index (χ2v) is 7.73. The van der Waals surface area contributed by atoms with Crippen molar-refractivity contribution in [3.8, 4) is 11.5 Å². The van der Waals surface area contributed by atoms with E-state index in [4.69, 9.17) is 9.47 Å². The molecule has 2 rings (SSSR count). The van der Waals surface area contributed by atoms with Gasteiger partial charge in [-0.15, -0.1) is 0 Å². The highest BCUT2D eigenvalue weighted by molar-refractivity contribution is 7.91. The van der Waals surface area contributed by atoms with Crippen molar-refractivity contribution in [2.24, 2.45) is 0 Å². The van der Waals surface area contributed by atoms with Crippen molar-refractivity contribution in [2.45, 2.75) is 26.3 Å². The Bertz CT molecular complexity index is 671. The second-order valence-electron chi connectivity index (χ2n) is 5.50.